The molecule has 2 aromatic rings. The molecule has 3 heteroatoms. The van der Waals surface area contributed by atoms with Crippen LogP contribution in [0.4, 0.5) is 0 Å². The molecule has 4 rings (SSSR count). The minimum atomic E-state index is -1.96. The van der Waals surface area contributed by atoms with E-state index in [0.29, 0.717) is 0 Å². The first-order chi connectivity index (χ1) is 13.4. The summed E-state index contributed by atoms with van der Waals surface area (Å²) in [6.45, 7) is 4.90. The van der Waals surface area contributed by atoms with Crippen molar-refractivity contribution in [3.8, 4) is 0 Å². The van der Waals surface area contributed by atoms with E-state index in [1.807, 2.05) is 0 Å². The first kappa shape index (κ1) is 21.0. The molecule has 0 saturated heterocycles. The van der Waals surface area contributed by atoms with Crippen molar-refractivity contribution in [2.45, 2.75) is 44.1 Å². The molecule has 0 heterocycles. The van der Waals surface area contributed by atoms with Crippen LogP contribution in [0, 0.1) is 0 Å². The van der Waals surface area contributed by atoms with Crippen molar-refractivity contribution < 1.29 is 21.3 Å². The Morgan fingerprint density at radius 1 is 0.679 bits per heavy atom. The zero-order valence-corrected chi connectivity index (χ0v) is 25.4. The molecular weight excluding hydrogens is 537 g/mol. The molecule has 2 aliphatic carbocycles. The Bertz CT molecular complexity index is 931. The predicted octanol–water partition coefficient (Wildman–Crippen LogP) is 6.15. The van der Waals surface area contributed by atoms with Crippen LogP contribution < -0.4 is 0 Å². The third kappa shape index (κ3) is 3.65. The number of benzene rings is 2. The molecule has 2 atom stereocenters. The third-order valence-electron chi connectivity index (χ3n) is 6.40. The molecule has 144 valence electrons. The molecule has 28 heavy (non-hydrogen) atoms. The number of hydrogen-bond acceptors (Lipinski definition) is 0. The Hall–Kier alpha value is -0.241. The maximum atomic E-state index is 2.77. The standard InChI is InChI=1S/2C11H13Ge.C3H6.Zr/c2*1-12(2)11-8-7-9-5-3-4-6-10(9)11;1-3-2;/h2*3-8,12H,1-2H3;1-2H3;. The van der Waals surface area contributed by atoms with Gasteiger partial charge in [-0.15, -0.1) is 0 Å². The summed E-state index contributed by atoms with van der Waals surface area (Å²) in [6.07, 6.45) is 5.53. The molecule has 0 fully saturated rings. The van der Waals surface area contributed by atoms with Crippen LogP contribution in [0.1, 0.15) is 43.4 Å². The van der Waals surface area contributed by atoms with Crippen molar-refractivity contribution in [3.63, 3.8) is 0 Å². The fraction of sp³-hybridized carbons (Fsp3) is 0.320. The summed E-state index contributed by atoms with van der Waals surface area (Å²) in [5, 5.41) is 0. The summed E-state index contributed by atoms with van der Waals surface area (Å²) in [7, 11) is 0. The van der Waals surface area contributed by atoms with Gasteiger partial charge in [0.05, 0.1) is 0 Å². The van der Waals surface area contributed by atoms with Gasteiger partial charge in [-0.2, -0.15) is 0 Å². The van der Waals surface area contributed by atoms with Crippen LogP contribution in [0.5, 0.6) is 0 Å². The van der Waals surface area contributed by atoms with Gasteiger partial charge in [0.25, 0.3) is 0 Å². The summed E-state index contributed by atoms with van der Waals surface area (Å²) >= 11 is -4.60. The van der Waals surface area contributed by atoms with Crippen LogP contribution in [0.3, 0.4) is 0 Å². The molecule has 0 nitrogen and oxygen atoms in total. The summed E-state index contributed by atoms with van der Waals surface area (Å²) in [6, 6.07) is 18.8. The van der Waals surface area contributed by atoms with Crippen LogP contribution in [-0.2, 0) is 21.3 Å². The second kappa shape index (κ2) is 8.48. The second-order valence-corrected chi connectivity index (χ2v) is 29.2. The van der Waals surface area contributed by atoms with E-state index >= 15 is 0 Å². The Kier molecular flexibility index (Phi) is 6.36. The monoisotopic (exact) mass is 570 g/mol. The van der Waals surface area contributed by atoms with Gasteiger partial charge in [0.2, 0.25) is 0 Å². The molecule has 0 bridgehead atoms. The number of allylic oxidation sites excluding steroid dienone is 2. The van der Waals surface area contributed by atoms with Crippen LogP contribution in [0.25, 0.3) is 8.81 Å². The van der Waals surface area contributed by atoms with Gasteiger partial charge in [0, 0.05) is 0 Å². The second-order valence-electron chi connectivity index (χ2n) is 9.14. The van der Waals surface area contributed by atoms with E-state index in [4.69, 9.17) is 0 Å². The van der Waals surface area contributed by atoms with Crippen LogP contribution in [-0.4, -0.2) is 31.9 Å². The molecule has 2 aliphatic rings. The van der Waals surface area contributed by atoms with Crippen molar-refractivity contribution in [2.75, 3.05) is 0 Å². The molecule has 0 aliphatic heterocycles. The van der Waals surface area contributed by atoms with Gasteiger partial charge in [-0.25, -0.2) is 0 Å². The maximum absolute atomic E-state index is 2.77. The SMILES string of the molecule is C[C](C)=[Zr]([CH]1C=[C]([GeH]([CH3])[CH3])c2ccccc21)[CH]1C=[C]([GeH]([CH3])[CH3])c2ccccc21. The Balaban J connectivity index is 1.88. The molecule has 0 N–H and O–H groups in total. The Morgan fingerprint density at radius 3 is 1.43 bits per heavy atom. The van der Waals surface area contributed by atoms with E-state index in [1.165, 1.54) is 0 Å². The van der Waals surface area contributed by atoms with Crippen molar-refractivity contribution in [1.82, 2.24) is 0 Å². The minimum absolute atomic E-state index is 0.722. The van der Waals surface area contributed by atoms with E-state index < -0.39 is 50.0 Å². The van der Waals surface area contributed by atoms with E-state index in [0.717, 1.165) is 7.25 Å². The van der Waals surface area contributed by atoms with Crippen molar-refractivity contribution >= 4 is 40.7 Å². The van der Waals surface area contributed by atoms with Gasteiger partial charge in [-0.05, 0) is 0 Å². The fourth-order valence-electron chi connectivity index (χ4n) is 5.12. The molecular formula is C25H32Ge2Zr. The topological polar surface area (TPSA) is 0 Å². The third-order valence-corrected chi connectivity index (χ3v) is 22.2. The molecule has 0 spiro atoms. The van der Waals surface area contributed by atoms with E-state index in [-0.39, 0.29) is 0 Å². The fourth-order valence-corrected chi connectivity index (χ4v) is 21.9. The average molecular weight is 569 g/mol. The van der Waals surface area contributed by atoms with Gasteiger partial charge in [-0.3, -0.25) is 0 Å². The number of fused-ring (bicyclic) bond motifs is 2. The molecule has 0 radical (unpaired) electrons. The molecule has 0 aromatic heterocycles. The van der Waals surface area contributed by atoms with Gasteiger partial charge in [-0.1, -0.05) is 0 Å². The molecule has 2 aromatic carbocycles. The number of hydrogen-bond donors (Lipinski definition) is 0. The van der Waals surface area contributed by atoms with Crippen LogP contribution >= 0.6 is 0 Å². The summed E-state index contributed by atoms with van der Waals surface area (Å²) in [5.74, 6) is 10.2. The summed E-state index contributed by atoms with van der Waals surface area (Å²) in [4.78, 5) is 0. The first-order valence-electron chi connectivity index (χ1n) is 10.7. The van der Waals surface area contributed by atoms with Crippen molar-refractivity contribution in [3.05, 3.63) is 82.9 Å². The van der Waals surface area contributed by atoms with Gasteiger partial charge >= 0.3 is 189 Å². The summed E-state index contributed by atoms with van der Waals surface area (Å²) < 4.78 is 6.75. The Morgan fingerprint density at radius 2 is 1.07 bits per heavy atom. The summed E-state index contributed by atoms with van der Waals surface area (Å²) in [5.41, 5.74) is 6.55. The van der Waals surface area contributed by atoms with Crippen LogP contribution in [0.15, 0.2) is 60.7 Å². The van der Waals surface area contributed by atoms with Gasteiger partial charge in [0.15, 0.2) is 0 Å². The molecule has 2 unspecified atom stereocenters. The van der Waals surface area contributed by atoms with Gasteiger partial charge in [0.1, 0.15) is 0 Å². The van der Waals surface area contributed by atoms with Crippen molar-refractivity contribution in [2.24, 2.45) is 0 Å². The molecule has 0 amide bonds. The van der Waals surface area contributed by atoms with E-state index in [2.05, 4.69) is 97.6 Å². The normalized spacial score (nSPS) is 20.1. The number of rotatable bonds is 4. The van der Waals surface area contributed by atoms with E-state index in [1.54, 1.807) is 34.3 Å². The zero-order valence-electron chi connectivity index (χ0n) is 18.1. The average Bonchev–Trinajstić information content (AvgIpc) is 3.22. The van der Waals surface area contributed by atoms with Crippen molar-refractivity contribution in [1.29, 1.82) is 0 Å². The molecule has 0 saturated carbocycles. The first-order valence-corrected chi connectivity index (χ1v) is 26.9. The van der Waals surface area contributed by atoms with Crippen LogP contribution in [0.2, 0.25) is 23.0 Å². The quantitative estimate of drug-likeness (QED) is 0.389. The zero-order chi connectivity index (χ0) is 20.0. The van der Waals surface area contributed by atoms with E-state index in [9.17, 15) is 0 Å². The van der Waals surface area contributed by atoms with Gasteiger partial charge < -0.3 is 0 Å². The predicted molar refractivity (Wildman–Crippen MR) is 128 cm³/mol. The Labute approximate surface area is 187 Å².